The van der Waals surface area contributed by atoms with Crippen LogP contribution >= 0.6 is 15.9 Å². The smallest absolute Gasteiger partial charge is 0.408 e. The summed E-state index contributed by atoms with van der Waals surface area (Å²) in [5.41, 5.74) is 3.24. The quantitative estimate of drug-likeness (QED) is 0.0279. The van der Waals surface area contributed by atoms with Crippen molar-refractivity contribution in [1.29, 1.82) is 0 Å². The van der Waals surface area contributed by atoms with Gasteiger partial charge in [0.15, 0.2) is 6.10 Å². The van der Waals surface area contributed by atoms with Crippen LogP contribution in [0.15, 0.2) is 112 Å². The number of hydrogen-bond donors (Lipinski definition) is 5. The number of alkyl carbamates (subject to hydrolysis) is 1. The average molecular weight is 895 g/mol. The van der Waals surface area contributed by atoms with E-state index in [0.717, 1.165) is 104 Å². The van der Waals surface area contributed by atoms with Gasteiger partial charge in [-0.25, -0.2) is 4.79 Å². The molecule has 5 N–H and O–H groups in total. The van der Waals surface area contributed by atoms with E-state index in [1.165, 1.54) is 12.1 Å². The van der Waals surface area contributed by atoms with Crippen LogP contribution in [0.1, 0.15) is 97.0 Å². The molecular weight excluding hydrogens is 836 g/mol. The van der Waals surface area contributed by atoms with Crippen LogP contribution < -0.4 is 20.9 Å². The number of pyridine rings is 1. The number of amides is 1. The van der Waals surface area contributed by atoms with Gasteiger partial charge in [-0.2, -0.15) is 0 Å². The Balaban J connectivity index is 0.827. The fraction of sp³-hybridized carbons (Fsp3) is 0.408. The number of phenols is 1. The van der Waals surface area contributed by atoms with E-state index in [0.29, 0.717) is 53.1 Å². The third-order valence-electron chi connectivity index (χ3n) is 12.4. The van der Waals surface area contributed by atoms with E-state index in [2.05, 4.69) is 31.5 Å². The molecule has 0 aliphatic carbocycles. The largest absolute Gasteiger partial charge is 0.506 e. The highest BCUT2D eigenvalue weighted by Crippen LogP contribution is 2.37. The summed E-state index contributed by atoms with van der Waals surface area (Å²) in [6, 6.07) is 31.0. The zero-order valence-electron chi connectivity index (χ0n) is 34.7. The van der Waals surface area contributed by atoms with E-state index >= 15 is 0 Å². The molecule has 8 rings (SSSR count). The summed E-state index contributed by atoms with van der Waals surface area (Å²) in [5, 5.41) is 28.0. The van der Waals surface area contributed by atoms with Crippen molar-refractivity contribution in [3.05, 3.63) is 140 Å². The molecule has 4 heterocycles. The summed E-state index contributed by atoms with van der Waals surface area (Å²) in [4.78, 5) is 41.3. The molecule has 3 atom stereocenters. The molecule has 2 bridgehead atoms. The molecule has 3 fully saturated rings. The number of ketones is 1. The highest BCUT2D eigenvalue weighted by molar-refractivity contribution is 9.10. The molecule has 12 heteroatoms. The molecule has 3 unspecified atom stereocenters. The van der Waals surface area contributed by atoms with Crippen molar-refractivity contribution in [3.63, 3.8) is 0 Å². The second kappa shape index (κ2) is 21.2. The molecule has 1 aromatic heterocycles. The Morgan fingerprint density at radius 2 is 1.54 bits per heavy atom. The molecule has 3 aliphatic rings. The van der Waals surface area contributed by atoms with Crippen LogP contribution in [-0.4, -0.2) is 83.5 Å². The van der Waals surface area contributed by atoms with E-state index in [4.69, 9.17) is 9.47 Å². The maximum absolute atomic E-state index is 13.7. The van der Waals surface area contributed by atoms with Crippen molar-refractivity contribution in [3.8, 4) is 11.5 Å². The van der Waals surface area contributed by atoms with Crippen LogP contribution in [0.25, 0.3) is 10.9 Å². The van der Waals surface area contributed by atoms with Gasteiger partial charge in [0, 0.05) is 46.8 Å². The van der Waals surface area contributed by atoms with E-state index in [9.17, 15) is 24.6 Å². The van der Waals surface area contributed by atoms with E-state index in [1.54, 1.807) is 12.1 Å². The third-order valence-corrected chi connectivity index (χ3v) is 13.1. The summed E-state index contributed by atoms with van der Waals surface area (Å²) in [5.74, 6) is 1.16. The molecule has 3 saturated heterocycles. The standard InChI is InChI=1S/C49H57BrN4O7/c50-41-21-18-37(60-29-13-5-3-1-2-4-12-26-51-31-43(56)38-19-22-42(55)48-39(38)20-23-46(58)52-48)30-40(41)47(36-16-10-7-11-17-36)53-49(59)61-45-33-54(27-24-35(45)25-28-54)32-44(57)34-14-8-6-9-15-34/h6-11,14-23,30,35,43,45,47,51,56H,1-5,12-13,24-29,31-33H2,(H2-,52,53,55,58,59)/p+1. The minimum absolute atomic E-state index is 0.0171. The highest BCUT2D eigenvalue weighted by Gasteiger charge is 2.48. The zero-order chi connectivity index (χ0) is 42.6. The van der Waals surface area contributed by atoms with Gasteiger partial charge >= 0.3 is 6.09 Å². The number of Topliss-reactive ketones (excluding diaryl/α,β-unsaturated/α-hetero) is 1. The van der Waals surface area contributed by atoms with Gasteiger partial charge in [-0.1, -0.05) is 115 Å². The minimum Gasteiger partial charge on any atom is -0.506 e. The average Bonchev–Trinajstić information content (AvgIpc) is 3.27. The second-order valence-electron chi connectivity index (χ2n) is 16.7. The number of carbonyl (C=O) groups excluding carboxylic acids is 2. The van der Waals surface area contributed by atoms with Gasteiger partial charge in [-0.3, -0.25) is 9.59 Å². The maximum Gasteiger partial charge on any atom is 0.408 e. The van der Waals surface area contributed by atoms with Gasteiger partial charge in [0.1, 0.15) is 24.6 Å². The lowest BCUT2D eigenvalue weighted by atomic mass is 9.83. The summed E-state index contributed by atoms with van der Waals surface area (Å²) >= 11 is 3.74. The topological polar surface area (TPSA) is 150 Å². The molecule has 322 valence electrons. The number of nitrogens with one attached hydrogen (secondary N) is 3. The lowest BCUT2D eigenvalue weighted by Gasteiger charge is -2.51. The van der Waals surface area contributed by atoms with Crippen LogP contribution in [0.3, 0.4) is 0 Å². The first-order chi connectivity index (χ1) is 29.7. The number of piperidine rings is 3. The monoisotopic (exact) mass is 893 g/mol. The van der Waals surface area contributed by atoms with E-state index < -0.39 is 18.2 Å². The van der Waals surface area contributed by atoms with Crippen LogP contribution in [0.2, 0.25) is 0 Å². The second-order valence-corrected chi connectivity index (χ2v) is 17.6. The fourth-order valence-corrected chi connectivity index (χ4v) is 9.50. The fourth-order valence-electron chi connectivity index (χ4n) is 9.03. The van der Waals surface area contributed by atoms with Crippen LogP contribution in [0, 0.1) is 5.92 Å². The van der Waals surface area contributed by atoms with E-state index in [-0.39, 0.29) is 23.2 Å². The summed E-state index contributed by atoms with van der Waals surface area (Å²) in [6.45, 7) is 4.72. The Kier molecular flexibility index (Phi) is 15.3. The highest BCUT2D eigenvalue weighted by atomic mass is 79.9. The van der Waals surface area contributed by atoms with Crippen LogP contribution in [0.4, 0.5) is 4.79 Å². The number of halogens is 1. The Bertz CT molecular complexity index is 2280. The summed E-state index contributed by atoms with van der Waals surface area (Å²) in [7, 11) is 0. The van der Waals surface area contributed by atoms with E-state index in [1.807, 2.05) is 78.9 Å². The lowest BCUT2D eigenvalue weighted by molar-refractivity contribution is -0.938. The van der Waals surface area contributed by atoms with Gasteiger partial charge < -0.3 is 39.8 Å². The number of aliphatic hydroxyl groups is 1. The number of aliphatic hydroxyl groups excluding tert-OH is 1. The van der Waals surface area contributed by atoms with Crippen molar-refractivity contribution < 1.29 is 33.8 Å². The number of rotatable bonds is 21. The number of aromatic nitrogens is 1. The Morgan fingerprint density at radius 1 is 0.836 bits per heavy atom. The number of quaternary nitrogens is 1. The minimum atomic E-state index is -0.758. The van der Waals surface area contributed by atoms with Crippen molar-refractivity contribution >= 4 is 38.7 Å². The third kappa shape index (κ3) is 11.7. The number of aromatic amines is 1. The number of nitrogens with zero attached hydrogens (tertiary/aromatic N) is 1. The number of H-pyrrole nitrogens is 1. The van der Waals surface area contributed by atoms with Crippen molar-refractivity contribution in [2.75, 3.05) is 45.9 Å². The predicted octanol–water partition coefficient (Wildman–Crippen LogP) is 8.74. The number of hydrogen-bond acceptors (Lipinski definition) is 8. The number of carbonyl (C=O) groups is 2. The molecule has 61 heavy (non-hydrogen) atoms. The molecule has 11 nitrogen and oxygen atoms in total. The number of benzene rings is 4. The first-order valence-corrected chi connectivity index (χ1v) is 22.6. The maximum atomic E-state index is 13.7. The molecule has 4 aromatic carbocycles. The first-order valence-electron chi connectivity index (χ1n) is 21.8. The predicted molar refractivity (Wildman–Crippen MR) is 241 cm³/mol. The number of ether oxygens (including phenoxy) is 2. The Morgan fingerprint density at radius 3 is 2.30 bits per heavy atom. The SMILES string of the molecule is O=C(NC(c1ccccc1)c1cc(OCCCCCCCCCNCC(O)c2ccc(O)c3[nH]c(=O)ccc23)ccc1Br)OC1C[N+]2(CC(=O)c3ccccc3)CCC1CC2. The summed E-state index contributed by atoms with van der Waals surface area (Å²) in [6.07, 6.45) is 7.95. The zero-order valence-corrected chi connectivity index (χ0v) is 36.3. The van der Waals surface area contributed by atoms with Gasteiger partial charge in [0.25, 0.3) is 0 Å². The summed E-state index contributed by atoms with van der Waals surface area (Å²) < 4.78 is 14.0. The molecule has 3 aliphatic heterocycles. The normalized spacial score (nSPS) is 19.3. The van der Waals surface area contributed by atoms with Crippen molar-refractivity contribution in [2.45, 2.75) is 76.0 Å². The molecule has 0 saturated carbocycles. The Labute approximate surface area is 366 Å². The molecule has 1 amide bonds. The van der Waals surface area contributed by atoms with Crippen molar-refractivity contribution in [2.24, 2.45) is 5.92 Å². The van der Waals surface area contributed by atoms with Gasteiger partial charge in [0.2, 0.25) is 11.3 Å². The first kappa shape index (κ1) is 44.1. The van der Waals surface area contributed by atoms with Gasteiger partial charge in [0.05, 0.1) is 37.4 Å². The number of phenolic OH excluding ortho intramolecular Hbond substituents is 1. The van der Waals surface area contributed by atoms with Crippen LogP contribution in [0.5, 0.6) is 11.5 Å². The number of fused-ring (bicyclic) bond motifs is 4. The number of unbranched alkanes of at least 4 members (excludes halogenated alkanes) is 6. The molecular formula is C49H58BrN4O7+. The molecule has 5 aromatic rings. The van der Waals surface area contributed by atoms with Gasteiger partial charge in [-0.15, -0.1) is 0 Å². The lowest BCUT2D eigenvalue weighted by Crippen LogP contribution is -2.66. The molecule has 0 radical (unpaired) electrons. The van der Waals surface area contributed by atoms with Gasteiger partial charge in [-0.05, 0) is 66.4 Å². The number of aromatic hydroxyl groups is 1. The molecule has 0 spiro atoms. The van der Waals surface area contributed by atoms with Crippen LogP contribution in [-0.2, 0) is 4.74 Å². The van der Waals surface area contributed by atoms with Crippen molar-refractivity contribution in [1.82, 2.24) is 15.6 Å². The Hall–Kier alpha value is -5.01.